The summed E-state index contributed by atoms with van der Waals surface area (Å²) in [5.41, 5.74) is 4.21. The van der Waals surface area contributed by atoms with E-state index in [2.05, 4.69) is 32.8 Å². The van der Waals surface area contributed by atoms with E-state index in [0.717, 1.165) is 35.1 Å². The molecule has 4 rings (SSSR count). The largest absolute Gasteiger partial charge is 0.508 e. The van der Waals surface area contributed by atoms with Gasteiger partial charge in [0.05, 0.1) is 0 Å². The fourth-order valence-corrected chi connectivity index (χ4v) is 3.37. The van der Waals surface area contributed by atoms with Crippen LogP contribution in [0.3, 0.4) is 0 Å². The van der Waals surface area contributed by atoms with Crippen LogP contribution in [-0.2, 0) is 12.8 Å². The number of nitrogens with one attached hydrogen (secondary N) is 1. The third-order valence-electron chi connectivity index (χ3n) is 4.77. The summed E-state index contributed by atoms with van der Waals surface area (Å²) >= 11 is 0. The maximum absolute atomic E-state index is 13.4. The molecule has 140 valence electrons. The fraction of sp³-hybridized carbons (Fsp3) is 0.136. The Labute approximate surface area is 161 Å². The predicted molar refractivity (Wildman–Crippen MR) is 104 cm³/mol. The molecule has 3 aromatic carbocycles. The van der Waals surface area contributed by atoms with Gasteiger partial charge in [0.2, 0.25) is 5.82 Å². The van der Waals surface area contributed by atoms with Gasteiger partial charge < -0.3 is 5.11 Å². The molecule has 0 aliphatic rings. The number of rotatable bonds is 6. The molecule has 0 fully saturated rings. The Balaban J connectivity index is 1.62. The summed E-state index contributed by atoms with van der Waals surface area (Å²) in [5, 5.41) is 23.7. The molecule has 1 heterocycles. The number of hydrogen-bond donors (Lipinski definition) is 2. The van der Waals surface area contributed by atoms with E-state index in [0.29, 0.717) is 5.82 Å². The first kappa shape index (κ1) is 17.9. The number of halogens is 1. The minimum atomic E-state index is -0.244. The first-order valence-electron chi connectivity index (χ1n) is 9.03. The van der Waals surface area contributed by atoms with Crippen molar-refractivity contribution >= 4 is 0 Å². The summed E-state index contributed by atoms with van der Waals surface area (Å²) in [5.74, 6) is 0.713. The number of phenols is 1. The van der Waals surface area contributed by atoms with E-state index in [1.54, 1.807) is 12.1 Å². The zero-order valence-electron chi connectivity index (χ0n) is 15.1. The molecule has 0 aliphatic heterocycles. The van der Waals surface area contributed by atoms with Crippen LogP contribution in [0.2, 0.25) is 0 Å². The molecule has 0 bridgehead atoms. The number of nitrogens with zero attached hydrogens (tertiary/aromatic N) is 3. The normalized spacial score (nSPS) is 12.0. The Kier molecular flexibility index (Phi) is 5.10. The maximum atomic E-state index is 13.4. The molecule has 4 aromatic rings. The summed E-state index contributed by atoms with van der Waals surface area (Å²) in [6.45, 7) is 0. The third-order valence-corrected chi connectivity index (χ3v) is 4.77. The highest BCUT2D eigenvalue weighted by Gasteiger charge is 2.15. The second-order valence-electron chi connectivity index (χ2n) is 6.76. The van der Waals surface area contributed by atoms with Gasteiger partial charge in [0.1, 0.15) is 11.6 Å². The van der Waals surface area contributed by atoms with Crippen LogP contribution in [0, 0.1) is 5.82 Å². The first-order valence-corrected chi connectivity index (χ1v) is 9.03. The first-order chi connectivity index (χ1) is 13.7. The average molecular weight is 374 g/mol. The quantitative estimate of drug-likeness (QED) is 0.528. The molecule has 1 aromatic heterocycles. The molecule has 2 N–H and O–H groups in total. The van der Waals surface area contributed by atoms with Gasteiger partial charge in [-0.3, -0.25) is 0 Å². The Bertz CT molecular complexity index is 1030. The molecule has 0 aliphatic carbocycles. The van der Waals surface area contributed by atoms with Gasteiger partial charge in [0, 0.05) is 5.56 Å². The molecule has 28 heavy (non-hydrogen) atoms. The number of aromatic hydroxyl groups is 1. The average Bonchev–Trinajstić information content (AvgIpc) is 3.25. The van der Waals surface area contributed by atoms with Gasteiger partial charge in [-0.25, -0.2) is 4.39 Å². The molecule has 6 heteroatoms. The minimum Gasteiger partial charge on any atom is -0.508 e. The zero-order valence-corrected chi connectivity index (χ0v) is 15.1. The van der Waals surface area contributed by atoms with Gasteiger partial charge in [-0.1, -0.05) is 42.5 Å². The van der Waals surface area contributed by atoms with E-state index < -0.39 is 0 Å². The number of tetrazole rings is 1. The molecule has 1 atom stereocenters. The monoisotopic (exact) mass is 374 g/mol. The Hall–Kier alpha value is -3.54. The van der Waals surface area contributed by atoms with Crippen molar-refractivity contribution in [3.8, 4) is 17.1 Å². The lowest BCUT2D eigenvalue weighted by molar-refractivity contribution is 0.475. The van der Waals surface area contributed by atoms with E-state index in [4.69, 9.17) is 0 Å². The molecular weight excluding hydrogens is 355 g/mol. The lowest BCUT2D eigenvalue weighted by Crippen LogP contribution is -2.07. The Morgan fingerprint density at radius 2 is 1.64 bits per heavy atom. The maximum Gasteiger partial charge on any atom is 0.204 e. The molecule has 0 spiro atoms. The van der Waals surface area contributed by atoms with Gasteiger partial charge in [-0.05, 0) is 71.0 Å². The lowest BCUT2D eigenvalue weighted by atomic mass is 9.86. The third kappa shape index (κ3) is 4.23. The second-order valence-corrected chi connectivity index (χ2v) is 6.76. The summed E-state index contributed by atoms with van der Waals surface area (Å²) in [6, 6.07) is 21.9. The predicted octanol–water partition coefficient (Wildman–Crippen LogP) is 4.28. The molecule has 0 saturated carbocycles. The van der Waals surface area contributed by atoms with Crippen molar-refractivity contribution in [3.63, 3.8) is 0 Å². The van der Waals surface area contributed by atoms with Crippen molar-refractivity contribution in [1.29, 1.82) is 0 Å². The summed E-state index contributed by atoms with van der Waals surface area (Å²) in [4.78, 5) is 0. The number of aromatic amines is 1. The van der Waals surface area contributed by atoms with Gasteiger partial charge >= 0.3 is 0 Å². The SMILES string of the molecule is Oc1ccc(CC(Cc2cccc(-c3nn[nH]n3)c2)c2ccc(F)cc2)cc1. The van der Waals surface area contributed by atoms with Crippen molar-refractivity contribution in [2.75, 3.05) is 0 Å². The van der Waals surface area contributed by atoms with E-state index >= 15 is 0 Å². The van der Waals surface area contributed by atoms with Crippen LogP contribution in [0.25, 0.3) is 11.4 Å². The van der Waals surface area contributed by atoms with Gasteiger partial charge in [0.25, 0.3) is 0 Å². The van der Waals surface area contributed by atoms with Gasteiger partial charge in [-0.2, -0.15) is 5.21 Å². The molecule has 0 radical (unpaired) electrons. The van der Waals surface area contributed by atoms with Crippen LogP contribution < -0.4 is 0 Å². The number of hydrogen-bond acceptors (Lipinski definition) is 4. The van der Waals surface area contributed by atoms with E-state index in [1.165, 1.54) is 12.1 Å². The Morgan fingerprint density at radius 3 is 2.36 bits per heavy atom. The van der Waals surface area contributed by atoms with Gasteiger partial charge in [-0.15, -0.1) is 10.2 Å². The highest BCUT2D eigenvalue weighted by atomic mass is 19.1. The summed E-state index contributed by atoms with van der Waals surface area (Å²) in [6.07, 6.45) is 1.55. The van der Waals surface area contributed by atoms with Crippen LogP contribution in [0.1, 0.15) is 22.6 Å². The Morgan fingerprint density at radius 1 is 0.893 bits per heavy atom. The minimum absolute atomic E-state index is 0.158. The molecule has 0 amide bonds. The number of H-pyrrole nitrogens is 1. The van der Waals surface area contributed by atoms with Crippen LogP contribution in [0.15, 0.2) is 72.8 Å². The van der Waals surface area contributed by atoms with Crippen LogP contribution >= 0.6 is 0 Å². The van der Waals surface area contributed by atoms with E-state index in [-0.39, 0.29) is 17.5 Å². The fourth-order valence-electron chi connectivity index (χ4n) is 3.37. The van der Waals surface area contributed by atoms with Gasteiger partial charge in [0.15, 0.2) is 0 Å². The van der Waals surface area contributed by atoms with Crippen molar-refractivity contribution in [1.82, 2.24) is 20.6 Å². The lowest BCUT2D eigenvalue weighted by Gasteiger charge is -2.18. The number of benzene rings is 3. The highest BCUT2D eigenvalue weighted by molar-refractivity contribution is 5.55. The van der Waals surface area contributed by atoms with Crippen molar-refractivity contribution < 1.29 is 9.50 Å². The van der Waals surface area contributed by atoms with Crippen LogP contribution in [0.4, 0.5) is 4.39 Å². The van der Waals surface area contributed by atoms with Crippen molar-refractivity contribution in [3.05, 3.63) is 95.3 Å². The van der Waals surface area contributed by atoms with Crippen molar-refractivity contribution in [2.24, 2.45) is 0 Å². The standard InChI is InChI=1S/C22H19FN4O/c23-20-8-6-17(7-9-20)19(12-15-4-10-21(28)11-5-15)14-16-2-1-3-18(13-16)22-24-26-27-25-22/h1-11,13,19,28H,12,14H2,(H,24,25,26,27). The molecule has 5 nitrogen and oxygen atoms in total. The molecule has 1 unspecified atom stereocenters. The van der Waals surface area contributed by atoms with Crippen LogP contribution in [-0.4, -0.2) is 25.7 Å². The smallest absolute Gasteiger partial charge is 0.204 e. The molecular formula is C22H19FN4O. The number of aromatic nitrogens is 4. The zero-order chi connectivity index (χ0) is 19.3. The topological polar surface area (TPSA) is 74.7 Å². The van der Waals surface area contributed by atoms with E-state index in [9.17, 15) is 9.50 Å². The highest BCUT2D eigenvalue weighted by Crippen LogP contribution is 2.27. The summed E-state index contributed by atoms with van der Waals surface area (Å²) in [7, 11) is 0. The van der Waals surface area contributed by atoms with Crippen molar-refractivity contribution in [2.45, 2.75) is 18.8 Å². The van der Waals surface area contributed by atoms with E-state index in [1.807, 2.05) is 36.4 Å². The number of phenolic OH excluding ortho intramolecular Hbond substituents is 1. The summed E-state index contributed by atoms with van der Waals surface area (Å²) < 4.78 is 13.4. The van der Waals surface area contributed by atoms with Crippen LogP contribution in [0.5, 0.6) is 5.75 Å². The second kappa shape index (κ2) is 8.00. The molecule has 0 saturated heterocycles.